The van der Waals surface area contributed by atoms with Crippen LogP contribution < -0.4 is 5.32 Å². The monoisotopic (exact) mass is 277 g/mol. The Labute approximate surface area is 121 Å². The first kappa shape index (κ1) is 12.0. The first-order chi connectivity index (χ1) is 10.3. The highest BCUT2D eigenvalue weighted by molar-refractivity contribution is 5.81. The Morgan fingerprint density at radius 2 is 2.10 bits per heavy atom. The van der Waals surface area contributed by atoms with Crippen LogP contribution in [-0.2, 0) is 13.6 Å². The van der Waals surface area contributed by atoms with Crippen LogP contribution in [0, 0.1) is 0 Å². The molecule has 0 spiro atoms. The summed E-state index contributed by atoms with van der Waals surface area (Å²) in [5.41, 5.74) is 4.29. The average Bonchev–Trinajstić information content (AvgIpc) is 3.10. The molecule has 0 aliphatic heterocycles. The summed E-state index contributed by atoms with van der Waals surface area (Å²) in [5.74, 6) is 1.02. The minimum atomic E-state index is 0.689. The van der Waals surface area contributed by atoms with Crippen LogP contribution in [0.2, 0.25) is 0 Å². The molecule has 0 saturated heterocycles. The fourth-order valence-corrected chi connectivity index (χ4v) is 2.59. The largest absolute Gasteiger partial charge is 0.378 e. The molecule has 0 amide bonds. The quantitative estimate of drug-likeness (QED) is 0.605. The Kier molecular flexibility index (Phi) is 2.64. The molecule has 0 aliphatic rings. The molecule has 2 aromatic carbocycles. The molecule has 0 bridgehead atoms. The van der Waals surface area contributed by atoms with Gasteiger partial charge in [0.15, 0.2) is 0 Å². The van der Waals surface area contributed by atoms with Crippen molar-refractivity contribution in [3.05, 3.63) is 54.5 Å². The summed E-state index contributed by atoms with van der Waals surface area (Å²) in [5, 5.41) is 11.5. The second kappa shape index (κ2) is 4.63. The molecule has 4 aromatic rings. The van der Waals surface area contributed by atoms with E-state index in [2.05, 4.69) is 37.2 Å². The van der Waals surface area contributed by atoms with Crippen LogP contribution in [0.4, 0.5) is 5.69 Å². The van der Waals surface area contributed by atoms with Gasteiger partial charge in [0, 0.05) is 18.1 Å². The fraction of sp³-hybridized carbons (Fsp3) is 0.125. The molecular weight excluding hydrogens is 262 g/mol. The van der Waals surface area contributed by atoms with Gasteiger partial charge in [0.1, 0.15) is 5.82 Å². The summed E-state index contributed by atoms with van der Waals surface area (Å²) in [6.07, 6.45) is 1.83. The fourth-order valence-electron chi connectivity index (χ4n) is 2.59. The lowest BCUT2D eigenvalue weighted by Gasteiger charge is -2.06. The summed E-state index contributed by atoms with van der Waals surface area (Å²) < 4.78 is 2.12. The number of para-hydroxylation sites is 2. The summed E-state index contributed by atoms with van der Waals surface area (Å²) >= 11 is 0. The predicted molar refractivity (Wildman–Crippen MR) is 84.1 cm³/mol. The molecule has 0 fully saturated rings. The van der Waals surface area contributed by atoms with Crippen LogP contribution in [0.15, 0.2) is 48.7 Å². The van der Waals surface area contributed by atoms with E-state index in [1.165, 1.54) is 0 Å². The molecule has 4 rings (SSSR count). The molecule has 104 valence electrons. The molecule has 21 heavy (non-hydrogen) atoms. The number of rotatable bonds is 3. The number of nitrogens with zero attached hydrogens (tertiary/aromatic N) is 3. The van der Waals surface area contributed by atoms with Crippen molar-refractivity contribution >= 4 is 27.6 Å². The van der Waals surface area contributed by atoms with Crippen molar-refractivity contribution in [2.75, 3.05) is 5.32 Å². The SMILES string of the molecule is Cn1c(CNc2ccc3[nH]ncc3c2)nc2ccccc21. The maximum Gasteiger partial charge on any atom is 0.128 e. The van der Waals surface area contributed by atoms with Gasteiger partial charge in [-0.05, 0) is 30.3 Å². The van der Waals surface area contributed by atoms with Crippen molar-refractivity contribution in [3.8, 4) is 0 Å². The van der Waals surface area contributed by atoms with E-state index in [1.807, 2.05) is 43.6 Å². The third-order valence-corrected chi connectivity index (χ3v) is 3.77. The number of H-pyrrole nitrogens is 1. The predicted octanol–water partition coefficient (Wildman–Crippen LogP) is 3.06. The van der Waals surface area contributed by atoms with Gasteiger partial charge < -0.3 is 9.88 Å². The van der Waals surface area contributed by atoms with Gasteiger partial charge in [-0.25, -0.2) is 4.98 Å². The minimum Gasteiger partial charge on any atom is -0.378 e. The molecule has 0 radical (unpaired) electrons. The third-order valence-electron chi connectivity index (χ3n) is 3.77. The van der Waals surface area contributed by atoms with Gasteiger partial charge in [0.05, 0.1) is 29.3 Å². The summed E-state index contributed by atoms with van der Waals surface area (Å²) in [6.45, 7) is 0.689. The number of aromatic nitrogens is 4. The number of hydrogen-bond acceptors (Lipinski definition) is 3. The van der Waals surface area contributed by atoms with Crippen LogP contribution in [0.3, 0.4) is 0 Å². The number of aryl methyl sites for hydroxylation is 1. The van der Waals surface area contributed by atoms with Crippen LogP contribution in [-0.4, -0.2) is 19.7 Å². The average molecular weight is 277 g/mol. The highest BCUT2D eigenvalue weighted by atomic mass is 15.1. The van der Waals surface area contributed by atoms with Crippen LogP contribution >= 0.6 is 0 Å². The number of nitrogens with one attached hydrogen (secondary N) is 2. The van der Waals surface area contributed by atoms with Gasteiger partial charge in [0.2, 0.25) is 0 Å². The van der Waals surface area contributed by atoms with Crippen LogP contribution in [0.5, 0.6) is 0 Å². The second-order valence-corrected chi connectivity index (χ2v) is 5.10. The zero-order valence-corrected chi connectivity index (χ0v) is 11.7. The van der Waals surface area contributed by atoms with Crippen molar-refractivity contribution in [3.63, 3.8) is 0 Å². The first-order valence-corrected chi connectivity index (χ1v) is 6.88. The lowest BCUT2D eigenvalue weighted by molar-refractivity contribution is 0.835. The molecule has 0 aliphatic carbocycles. The molecular formula is C16H15N5. The second-order valence-electron chi connectivity index (χ2n) is 5.10. The van der Waals surface area contributed by atoms with Gasteiger partial charge in [-0.15, -0.1) is 0 Å². The number of aromatic amines is 1. The van der Waals surface area contributed by atoms with E-state index in [9.17, 15) is 0 Å². The van der Waals surface area contributed by atoms with E-state index >= 15 is 0 Å². The summed E-state index contributed by atoms with van der Waals surface area (Å²) in [7, 11) is 2.05. The van der Waals surface area contributed by atoms with Crippen molar-refractivity contribution < 1.29 is 0 Å². The Bertz CT molecular complexity index is 919. The zero-order chi connectivity index (χ0) is 14.2. The number of hydrogen-bond donors (Lipinski definition) is 2. The molecule has 2 aromatic heterocycles. The highest BCUT2D eigenvalue weighted by Gasteiger charge is 2.06. The zero-order valence-electron chi connectivity index (χ0n) is 11.7. The normalized spacial score (nSPS) is 11.3. The molecule has 2 heterocycles. The van der Waals surface area contributed by atoms with Crippen molar-refractivity contribution in [1.29, 1.82) is 0 Å². The number of benzene rings is 2. The molecule has 0 atom stereocenters. The highest BCUT2D eigenvalue weighted by Crippen LogP contribution is 2.19. The van der Waals surface area contributed by atoms with Gasteiger partial charge in [-0.1, -0.05) is 12.1 Å². The summed E-state index contributed by atoms with van der Waals surface area (Å²) in [6, 6.07) is 14.3. The lowest BCUT2D eigenvalue weighted by Crippen LogP contribution is -2.05. The van der Waals surface area contributed by atoms with Gasteiger partial charge in [-0.3, -0.25) is 5.10 Å². The molecule has 5 nitrogen and oxygen atoms in total. The maximum atomic E-state index is 4.66. The maximum absolute atomic E-state index is 4.66. The van der Waals surface area contributed by atoms with Gasteiger partial charge in [0.25, 0.3) is 0 Å². The Hall–Kier alpha value is -2.82. The van der Waals surface area contributed by atoms with E-state index in [0.717, 1.165) is 33.4 Å². The summed E-state index contributed by atoms with van der Waals surface area (Å²) in [4.78, 5) is 4.66. The Morgan fingerprint density at radius 3 is 3.00 bits per heavy atom. The third kappa shape index (κ3) is 2.03. The number of imidazole rings is 1. The van der Waals surface area contributed by atoms with E-state index in [1.54, 1.807) is 0 Å². The Balaban J connectivity index is 1.61. The van der Waals surface area contributed by atoms with Crippen molar-refractivity contribution in [2.45, 2.75) is 6.54 Å². The van der Waals surface area contributed by atoms with Crippen LogP contribution in [0.1, 0.15) is 5.82 Å². The van der Waals surface area contributed by atoms with Crippen molar-refractivity contribution in [2.24, 2.45) is 7.05 Å². The van der Waals surface area contributed by atoms with E-state index in [0.29, 0.717) is 6.54 Å². The van der Waals surface area contributed by atoms with E-state index in [-0.39, 0.29) is 0 Å². The molecule has 0 saturated carbocycles. The van der Waals surface area contributed by atoms with Crippen molar-refractivity contribution in [1.82, 2.24) is 19.7 Å². The van der Waals surface area contributed by atoms with E-state index in [4.69, 9.17) is 0 Å². The molecule has 2 N–H and O–H groups in total. The standard InChI is InChI=1S/C16H15N5/c1-21-15-5-3-2-4-14(15)19-16(21)10-17-12-6-7-13-11(8-12)9-18-20-13/h2-9,17H,10H2,1H3,(H,18,20). The smallest absolute Gasteiger partial charge is 0.128 e. The van der Waals surface area contributed by atoms with Gasteiger partial charge in [-0.2, -0.15) is 5.10 Å². The Morgan fingerprint density at radius 1 is 1.19 bits per heavy atom. The van der Waals surface area contributed by atoms with Crippen LogP contribution in [0.25, 0.3) is 21.9 Å². The first-order valence-electron chi connectivity index (χ1n) is 6.88. The lowest BCUT2D eigenvalue weighted by atomic mass is 10.2. The number of anilines is 1. The van der Waals surface area contributed by atoms with E-state index < -0.39 is 0 Å². The topological polar surface area (TPSA) is 58.5 Å². The number of fused-ring (bicyclic) bond motifs is 2. The van der Waals surface area contributed by atoms with Gasteiger partial charge >= 0.3 is 0 Å². The molecule has 0 unspecified atom stereocenters. The minimum absolute atomic E-state index is 0.689. The molecule has 5 heteroatoms.